The lowest BCUT2D eigenvalue weighted by Gasteiger charge is -2.44. The van der Waals surface area contributed by atoms with E-state index in [0.29, 0.717) is 36.9 Å². The molecule has 14 nitrogen and oxygen atoms in total. The van der Waals surface area contributed by atoms with E-state index in [1.807, 2.05) is 5.38 Å². The largest absolute Gasteiger partial charge is 0.464 e. The number of aryl methyl sites for hydroxylation is 1. The zero-order valence-electron chi connectivity index (χ0n) is 37.0. The topological polar surface area (TPSA) is 143 Å². The van der Waals surface area contributed by atoms with Crippen LogP contribution in [0.1, 0.15) is 90.4 Å². The number of pyridine rings is 1. The predicted molar refractivity (Wildman–Crippen MR) is 238 cm³/mol. The molecule has 3 aromatic heterocycles. The van der Waals surface area contributed by atoms with Crippen LogP contribution in [0.2, 0.25) is 0 Å². The highest BCUT2D eigenvalue weighted by atomic mass is 32.1. The number of nitrogens with one attached hydrogen (secondary N) is 2. The van der Waals surface area contributed by atoms with Crippen LogP contribution in [0.15, 0.2) is 35.8 Å². The molecule has 3 fully saturated rings. The minimum atomic E-state index is -0.983. The van der Waals surface area contributed by atoms with Gasteiger partial charge in [-0.1, -0.05) is 33.8 Å². The predicted octanol–water partition coefficient (Wildman–Crippen LogP) is 6.55. The van der Waals surface area contributed by atoms with Crippen LogP contribution in [0.3, 0.4) is 0 Å². The van der Waals surface area contributed by atoms with Gasteiger partial charge in [0.15, 0.2) is 0 Å². The standard InChI is InChI=1S/C46H62N8O6S/c1-9-53-38-13-12-29-19-32(38)34(41(53)33-20-30(23-47-40(33)28(2)3)52-16-15-51-17-18-58-25-31(51)24-52)22-46(7,8)27-59-43(56)35-11-10-14-54(50-35)42(55)36(21-39-48-37(29)26-61-39)49-44(57)60-45(4,5)6/h12-13,19-20,23,26,28,31,35-36,50H,9-11,14-18,21-22,24-25,27H2,1-8H3,(H,49,57)/t31-,35-,36-/m0/s1. The normalized spacial score (nSPS) is 22.8. The molecule has 0 aliphatic carbocycles. The third kappa shape index (κ3) is 9.30. The summed E-state index contributed by atoms with van der Waals surface area (Å²) < 4.78 is 20.0. The molecule has 0 spiro atoms. The number of carbonyl (C=O) groups excluding carboxylic acids is 3. The Kier molecular flexibility index (Phi) is 12.2. The summed E-state index contributed by atoms with van der Waals surface area (Å²) >= 11 is 1.45. The van der Waals surface area contributed by atoms with Gasteiger partial charge in [-0.05, 0) is 76.6 Å². The number of hydrogen-bond acceptors (Lipinski definition) is 12. The molecular weight excluding hydrogens is 793 g/mol. The van der Waals surface area contributed by atoms with Gasteiger partial charge in [-0.25, -0.2) is 15.2 Å². The summed E-state index contributed by atoms with van der Waals surface area (Å²) in [6.07, 6.45) is 3.25. The summed E-state index contributed by atoms with van der Waals surface area (Å²) in [6, 6.07) is 7.56. The van der Waals surface area contributed by atoms with Crippen molar-refractivity contribution in [2.24, 2.45) is 5.41 Å². The number of anilines is 1. The second-order valence-corrected chi connectivity index (χ2v) is 20.0. The molecular formula is C46H62N8O6S. The molecule has 2 N–H and O–H groups in total. The van der Waals surface area contributed by atoms with Crippen LogP contribution in [0.5, 0.6) is 0 Å². The van der Waals surface area contributed by atoms with Crippen molar-refractivity contribution < 1.29 is 28.6 Å². The maximum atomic E-state index is 14.1. The van der Waals surface area contributed by atoms with E-state index in [4.69, 9.17) is 24.2 Å². The first-order valence-corrected chi connectivity index (χ1v) is 22.9. The monoisotopic (exact) mass is 854 g/mol. The van der Waals surface area contributed by atoms with Crippen LogP contribution in [0.4, 0.5) is 10.5 Å². The molecule has 3 atom stereocenters. The first kappa shape index (κ1) is 43.1. The second-order valence-electron chi connectivity index (χ2n) is 19.1. The lowest BCUT2D eigenvalue weighted by molar-refractivity contribution is -0.155. The summed E-state index contributed by atoms with van der Waals surface area (Å²) in [7, 11) is 0. The molecule has 328 valence electrons. The van der Waals surface area contributed by atoms with Crippen LogP contribution in [-0.4, -0.2) is 119 Å². The molecule has 0 saturated carbocycles. The van der Waals surface area contributed by atoms with Gasteiger partial charge < -0.3 is 29.0 Å². The molecule has 15 heteroatoms. The molecule has 2 amide bonds. The van der Waals surface area contributed by atoms with E-state index < -0.39 is 35.2 Å². The minimum Gasteiger partial charge on any atom is -0.464 e. The zero-order chi connectivity index (χ0) is 43.2. The molecule has 8 rings (SSSR count). The number of alkyl carbamates (subject to hydrolysis) is 1. The highest BCUT2D eigenvalue weighted by Gasteiger charge is 2.37. The quantitative estimate of drug-likeness (QED) is 0.211. The fourth-order valence-electron chi connectivity index (χ4n) is 9.23. The van der Waals surface area contributed by atoms with Crippen molar-refractivity contribution >= 4 is 45.9 Å². The Morgan fingerprint density at radius 2 is 1.95 bits per heavy atom. The molecule has 3 saturated heterocycles. The molecule has 4 aliphatic heterocycles. The molecule has 0 unspecified atom stereocenters. The van der Waals surface area contributed by atoms with E-state index >= 15 is 0 Å². The Morgan fingerprint density at radius 1 is 1.13 bits per heavy atom. The summed E-state index contributed by atoms with van der Waals surface area (Å²) in [6.45, 7) is 22.9. The SMILES string of the molecule is CCn1c(-c2cc(N3CCN4CCOC[C@@H]4C3)cnc2C(C)C)c2c3cc(ccc31)-c1csc(n1)C[C@H](NC(=O)OC(C)(C)C)C(=O)N1CCC[C@H](N1)C(=O)OCC(C)(C)C2. The average Bonchev–Trinajstić information content (AvgIpc) is 3.82. The van der Waals surface area contributed by atoms with Gasteiger partial charge in [0, 0.05) is 78.5 Å². The lowest BCUT2D eigenvalue weighted by atomic mass is 9.84. The average molecular weight is 855 g/mol. The maximum absolute atomic E-state index is 14.1. The van der Waals surface area contributed by atoms with E-state index in [2.05, 4.69) is 90.2 Å². The van der Waals surface area contributed by atoms with Crippen LogP contribution < -0.4 is 15.6 Å². The van der Waals surface area contributed by atoms with Crippen LogP contribution in [0.25, 0.3) is 33.4 Å². The number of hydrogen-bond donors (Lipinski definition) is 2. The first-order valence-electron chi connectivity index (χ1n) is 22.0. The van der Waals surface area contributed by atoms with Gasteiger partial charge >= 0.3 is 12.1 Å². The number of aromatic nitrogens is 3. The number of esters is 1. The van der Waals surface area contributed by atoms with E-state index in [9.17, 15) is 14.4 Å². The number of cyclic esters (lactones) is 1. The van der Waals surface area contributed by atoms with Gasteiger partial charge in [0.25, 0.3) is 5.91 Å². The Balaban J connectivity index is 1.24. The molecule has 1 aromatic carbocycles. The van der Waals surface area contributed by atoms with Crippen molar-refractivity contribution in [2.45, 2.75) is 117 Å². The number of ether oxygens (including phenoxy) is 3. The van der Waals surface area contributed by atoms with Crippen LogP contribution in [0, 0.1) is 5.41 Å². The van der Waals surface area contributed by atoms with Crippen molar-refractivity contribution in [2.75, 3.05) is 57.4 Å². The summed E-state index contributed by atoms with van der Waals surface area (Å²) in [5.41, 5.74) is 10.4. The molecule has 61 heavy (non-hydrogen) atoms. The lowest BCUT2D eigenvalue weighted by Crippen LogP contribution is -2.60. The molecule has 0 radical (unpaired) electrons. The van der Waals surface area contributed by atoms with Gasteiger partial charge in [0.1, 0.15) is 17.7 Å². The van der Waals surface area contributed by atoms with Crippen molar-refractivity contribution in [1.82, 2.24) is 35.2 Å². The van der Waals surface area contributed by atoms with Gasteiger partial charge in [0.2, 0.25) is 0 Å². The number of hydrazine groups is 1. The smallest absolute Gasteiger partial charge is 0.408 e. The minimum absolute atomic E-state index is 0.151. The number of piperazine rings is 1. The van der Waals surface area contributed by atoms with E-state index in [-0.39, 0.29) is 24.9 Å². The Bertz CT molecular complexity index is 2280. The molecule has 6 bridgehead atoms. The van der Waals surface area contributed by atoms with Gasteiger partial charge in [-0.15, -0.1) is 11.3 Å². The van der Waals surface area contributed by atoms with Crippen molar-refractivity contribution in [1.29, 1.82) is 0 Å². The number of thiazole rings is 1. The third-order valence-electron chi connectivity index (χ3n) is 12.2. The van der Waals surface area contributed by atoms with Gasteiger partial charge in [0.05, 0.1) is 59.8 Å². The van der Waals surface area contributed by atoms with Crippen LogP contribution >= 0.6 is 11.3 Å². The summed E-state index contributed by atoms with van der Waals surface area (Å²) in [5, 5.41) is 8.07. The number of rotatable bonds is 5. The van der Waals surface area contributed by atoms with Crippen molar-refractivity contribution in [3.05, 3.63) is 52.1 Å². The first-order chi connectivity index (χ1) is 29.1. The Labute approximate surface area is 363 Å². The van der Waals surface area contributed by atoms with E-state index in [1.165, 1.54) is 21.9 Å². The van der Waals surface area contributed by atoms with E-state index in [0.717, 1.165) is 90.7 Å². The van der Waals surface area contributed by atoms with Gasteiger partial charge in [-0.3, -0.25) is 24.5 Å². The third-order valence-corrected chi connectivity index (χ3v) is 13.1. The fraction of sp³-hybridized carbons (Fsp3) is 0.587. The number of nitrogens with zero attached hydrogens (tertiary/aromatic N) is 6. The maximum Gasteiger partial charge on any atom is 0.408 e. The number of benzene rings is 1. The highest BCUT2D eigenvalue weighted by molar-refractivity contribution is 7.10. The Hall–Kier alpha value is -4.57. The number of morpholine rings is 1. The van der Waals surface area contributed by atoms with Gasteiger partial charge in [-0.2, -0.15) is 0 Å². The summed E-state index contributed by atoms with van der Waals surface area (Å²) in [5.74, 6) is -0.608. The second kappa shape index (κ2) is 17.3. The molecule has 4 aliphatic rings. The number of carbonyl (C=O) groups is 3. The molecule has 7 heterocycles. The van der Waals surface area contributed by atoms with Crippen LogP contribution in [-0.2, 0) is 43.2 Å². The zero-order valence-corrected chi connectivity index (χ0v) is 37.8. The summed E-state index contributed by atoms with van der Waals surface area (Å²) in [4.78, 5) is 56.3. The fourth-order valence-corrected chi connectivity index (χ4v) is 10.1. The van der Waals surface area contributed by atoms with Crippen molar-refractivity contribution in [3.63, 3.8) is 0 Å². The number of fused-ring (bicyclic) bond motifs is 7. The number of amides is 2. The Morgan fingerprint density at radius 3 is 2.72 bits per heavy atom. The van der Waals surface area contributed by atoms with Crippen molar-refractivity contribution in [3.8, 4) is 22.5 Å². The highest BCUT2D eigenvalue weighted by Crippen LogP contribution is 2.43. The van der Waals surface area contributed by atoms with E-state index in [1.54, 1.807) is 20.8 Å². The molecule has 4 aromatic rings.